The van der Waals surface area contributed by atoms with Gasteiger partial charge in [0, 0.05) is 24.7 Å². The van der Waals surface area contributed by atoms with Crippen molar-refractivity contribution in [1.29, 1.82) is 5.26 Å². The summed E-state index contributed by atoms with van der Waals surface area (Å²) in [7, 11) is 2.06. The summed E-state index contributed by atoms with van der Waals surface area (Å²) in [6.07, 6.45) is 2.99. The van der Waals surface area contributed by atoms with Crippen molar-refractivity contribution in [1.82, 2.24) is 4.90 Å². The van der Waals surface area contributed by atoms with Crippen molar-refractivity contribution in [3.8, 4) is 6.07 Å². The Labute approximate surface area is 107 Å². The molecule has 1 saturated carbocycles. The van der Waals surface area contributed by atoms with Gasteiger partial charge in [-0.2, -0.15) is 5.26 Å². The maximum atomic E-state index is 11.7. The van der Waals surface area contributed by atoms with Gasteiger partial charge in [-0.1, -0.05) is 6.07 Å². The van der Waals surface area contributed by atoms with Gasteiger partial charge in [-0.05, 0) is 38.1 Å². The number of carbonyl (C=O) groups excluding carboxylic acids is 1. The first-order chi connectivity index (χ1) is 8.69. The molecule has 18 heavy (non-hydrogen) atoms. The van der Waals surface area contributed by atoms with E-state index in [4.69, 9.17) is 5.26 Å². The molecule has 0 radical (unpaired) electrons. The highest BCUT2D eigenvalue weighted by Crippen LogP contribution is 2.25. The quantitative estimate of drug-likeness (QED) is 0.860. The standard InChI is InChI=1S/C14H17N3O/c1-17(13-5-6-13)8-7-14(18)16-12-4-2-3-11(9-12)10-15/h2-4,9,13H,5-8H2,1H3,(H,16,18). The third-order valence-electron chi connectivity index (χ3n) is 3.14. The Kier molecular flexibility index (Phi) is 3.96. The van der Waals surface area contributed by atoms with Crippen LogP contribution in [0.4, 0.5) is 5.69 Å². The first kappa shape index (κ1) is 12.6. The minimum Gasteiger partial charge on any atom is -0.326 e. The largest absolute Gasteiger partial charge is 0.326 e. The number of benzene rings is 1. The number of nitriles is 1. The fourth-order valence-electron chi connectivity index (χ4n) is 1.87. The van der Waals surface area contributed by atoms with Crippen molar-refractivity contribution in [3.05, 3.63) is 29.8 Å². The number of nitrogens with zero attached hydrogens (tertiary/aromatic N) is 2. The summed E-state index contributed by atoms with van der Waals surface area (Å²) in [6, 6.07) is 9.70. The van der Waals surface area contributed by atoms with Crippen molar-refractivity contribution < 1.29 is 4.79 Å². The summed E-state index contributed by atoms with van der Waals surface area (Å²) >= 11 is 0. The highest BCUT2D eigenvalue weighted by molar-refractivity contribution is 5.90. The highest BCUT2D eigenvalue weighted by Gasteiger charge is 2.25. The summed E-state index contributed by atoms with van der Waals surface area (Å²) < 4.78 is 0. The van der Waals surface area contributed by atoms with Crippen LogP contribution in [0.15, 0.2) is 24.3 Å². The fourth-order valence-corrected chi connectivity index (χ4v) is 1.87. The first-order valence-corrected chi connectivity index (χ1v) is 6.19. The molecule has 0 aliphatic heterocycles. The summed E-state index contributed by atoms with van der Waals surface area (Å²) in [5, 5.41) is 11.6. The molecular weight excluding hydrogens is 226 g/mol. The van der Waals surface area contributed by atoms with Gasteiger partial charge in [-0.3, -0.25) is 4.79 Å². The number of amides is 1. The molecule has 0 heterocycles. The van der Waals surface area contributed by atoms with Crippen LogP contribution < -0.4 is 5.32 Å². The molecule has 94 valence electrons. The average Bonchev–Trinajstić information content (AvgIpc) is 3.20. The van der Waals surface area contributed by atoms with Crippen LogP contribution in [0.2, 0.25) is 0 Å². The van der Waals surface area contributed by atoms with Crippen molar-refractivity contribution >= 4 is 11.6 Å². The normalized spacial score (nSPS) is 14.3. The number of rotatable bonds is 5. The maximum absolute atomic E-state index is 11.7. The third kappa shape index (κ3) is 3.57. The Hall–Kier alpha value is -1.86. The van der Waals surface area contributed by atoms with E-state index in [2.05, 4.69) is 23.3 Å². The Morgan fingerprint density at radius 2 is 2.33 bits per heavy atom. The molecule has 0 saturated heterocycles. The maximum Gasteiger partial charge on any atom is 0.225 e. The second-order valence-corrected chi connectivity index (χ2v) is 4.70. The zero-order valence-electron chi connectivity index (χ0n) is 10.5. The molecule has 1 aromatic carbocycles. The summed E-state index contributed by atoms with van der Waals surface area (Å²) in [6.45, 7) is 0.786. The molecule has 1 amide bonds. The van der Waals surface area contributed by atoms with Crippen LogP contribution in [0.3, 0.4) is 0 Å². The van der Waals surface area contributed by atoms with Gasteiger partial charge in [0.05, 0.1) is 11.6 Å². The molecule has 1 aliphatic carbocycles. The SMILES string of the molecule is CN(CCC(=O)Nc1cccc(C#N)c1)C1CC1. The smallest absolute Gasteiger partial charge is 0.225 e. The lowest BCUT2D eigenvalue weighted by Crippen LogP contribution is -2.26. The minimum absolute atomic E-state index is 0.00223. The molecule has 0 bridgehead atoms. The number of hydrogen-bond acceptors (Lipinski definition) is 3. The zero-order valence-corrected chi connectivity index (χ0v) is 10.5. The van der Waals surface area contributed by atoms with Crippen molar-refractivity contribution in [2.75, 3.05) is 18.9 Å². The van der Waals surface area contributed by atoms with Gasteiger partial charge in [0.2, 0.25) is 5.91 Å². The average molecular weight is 243 g/mol. The lowest BCUT2D eigenvalue weighted by Gasteiger charge is -2.14. The van der Waals surface area contributed by atoms with E-state index >= 15 is 0 Å². The molecule has 4 heteroatoms. The fraction of sp³-hybridized carbons (Fsp3) is 0.429. The summed E-state index contributed by atoms with van der Waals surface area (Å²) in [4.78, 5) is 14.0. The third-order valence-corrected chi connectivity index (χ3v) is 3.14. The van der Waals surface area contributed by atoms with E-state index in [0.29, 0.717) is 23.7 Å². The van der Waals surface area contributed by atoms with Gasteiger partial charge < -0.3 is 10.2 Å². The van der Waals surface area contributed by atoms with Gasteiger partial charge in [-0.15, -0.1) is 0 Å². The van der Waals surface area contributed by atoms with E-state index in [0.717, 1.165) is 6.54 Å². The van der Waals surface area contributed by atoms with Crippen molar-refractivity contribution in [3.63, 3.8) is 0 Å². The summed E-state index contributed by atoms with van der Waals surface area (Å²) in [5.74, 6) is -0.00223. The van der Waals surface area contributed by atoms with E-state index in [1.807, 2.05) is 0 Å². The second kappa shape index (κ2) is 5.65. The van der Waals surface area contributed by atoms with Crippen LogP contribution in [0.25, 0.3) is 0 Å². The Morgan fingerprint density at radius 3 is 3.00 bits per heavy atom. The molecular formula is C14H17N3O. The lowest BCUT2D eigenvalue weighted by molar-refractivity contribution is -0.116. The monoisotopic (exact) mass is 243 g/mol. The Bertz CT molecular complexity index is 474. The van der Waals surface area contributed by atoms with Crippen molar-refractivity contribution in [2.24, 2.45) is 0 Å². The van der Waals surface area contributed by atoms with E-state index in [1.165, 1.54) is 12.8 Å². The van der Waals surface area contributed by atoms with Crippen LogP contribution in [-0.2, 0) is 4.79 Å². The Balaban J connectivity index is 1.81. The topological polar surface area (TPSA) is 56.1 Å². The first-order valence-electron chi connectivity index (χ1n) is 6.19. The van der Waals surface area contributed by atoms with Gasteiger partial charge in [0.1, 0.15) is 0 Å². The predicted octanol–water partition coefficient (Wildman–Crippen LogP) is 1.98. The highest BCUT2D eigenvalue weighted by atomic mass is 16.1. The molecule has 0 unspecified atom stereocenters. The molecule has 0 aromatic heterocycles. The predicted molar refractivity (Wildman–Crippen MR) is 70.1 cm³/mol. The number of nitrogens with one attached hydrogen (secondary N) is 1. The molecule has 1 fully saturated rings. The molecule has 1 aromatic rings. The van der Waals surface area contributed by atoms with Crippen LogP contribution >= 0.6 is 0 Å². The van der Waals surface area contributed by atoms with E-state index in [-0.39, 0.29) is 5.91 Å². The van der Waals surface area contributed by atoms with Crippen molar-refractivity contribution in [2.45, 2.75) is 25.3 Å². The van der Waals surface area contributed by atoms with E-state index < -0.39 is 0 Å². The lowest BCUT2D eigenvalue weighted by atomic mass is 10.2. The van der Waals surface area contributed by atoms with Gasteiger partial charge >= 0.3 is 0 Å². The molecule has 0 spiro atoms. The number of anilines is 1. The van der Waals surface area contributed by atoms with Crippen LogP contribution in [-0.4, -0.2) is 30.4 Å². The number of hydrogen-bond donors (Lipinski definition) is 1. The molecule has 2 rings (SSSR count). The molecule has 4 nitrogen and oxygen atoms in total. The zero-order chi connectivity index (χ0) is 13.0. The van der Waals surface area contributed by atoms with Gasteiger partial charge in [0.25, 0.3) is 0 Å². The molecule has 0 atom stereocenters. The summed E-state index contributed by atoms with van der Waals surface area (Å²) in [5.41, 5.74) is 1.25. The van der Waals surface area contributed by atoms with Crippen LogP contribution in [0, 0.1) is 11.3 Å². The van der Waals surface area contributed by atoms with Crippen LogP contribution in [0.5, 0.6) is 0 Å². The molecule has 1 aliphatic rings. The second-order valence-electron chi connectivity index (χ2n) is 4.70. The Morgan fingerprint density at radius 1 is 1.56 bits per heavy atom. The minimum atomic E-state index is -0.00223. The molecule has 1 N–H and O–H groups in total. The van der Waals surface area contributed by atoms with E-state index in [9.17, 15) is 4.79 Å². The van der Waals surface area contributed by atoms with Gasteiger partial charge in [0.15, 0.2) is 0 Å². The van der Waals surface area contributed by atoms with Crippen LogP contribution in [0.1, 0.15) is 24.8 Å². The van der Waals surface area contributed by atoms with E-state index in [1.54, 1.807) is 24.3 Å². The number of carbonyl (C=O) groups is 1. The van der Waals surface area contributed by atoms with Gasteiger partial charge in [-0.25, -0.2) is 0 Å².